The third-order valence-electron chi connectivity index (χ3n) is 3.75. The molecule has 0 N–H and O–H groups in total. The van der Waals surface area contributed by atoms with Gasteiger partial charge in [0.15, 0.2) is 11.6 Å². The number of hydrogen-bond donors (Lipinski definition) is 0. The Hall–Kier alpha value is -1.29. The molecule has 0 radical (unpaired) electrons. The maximum atomic E-state index is 13.7. The van der Waals surface area contributed by atoms with E-state index in [4.69, 9.17) is 16.3 Å². The zero-order valence-corrected chi connectivity index (χ0v) is 11.7. The maximum absolute atomic E-state index is 13.7. The van der Waals surface area contributed by atoms with Crippen LogP contribution in [0.25, 0.3) is 11.0 Å². The largest absolute Gasteiger partial charge is 0.494 e. The highest BCUT2D eigenvalue weighted by Gasteiger charge is 2.37. The molecule has 1 aromatic carbocycles. The second kappa shape index (κ2) is 4.67. The van der Waals surface area contributed by atoms with Crippen LogP contribution in [0.2, 0.25) is 0 Å². The number of ether oxygens (including phenoxy) is 1. The molecule has 3 rings (SSSR count). The van der Waals surface area contributed by atoms with E-state index in [1.807, 2.05) is 0 Å². The summed E-state index contributed by atoms with van der Waals surface area (Å²) in [6.07, 6.45) is 1.84. The molecule has 2 unspecified atom stereocenters. The Balaban J connectivity index is 2.19. The molecule has 3 nitrogen and oxygen atoms in total. The van der Waals surface area contributed by atoms with E-state index in [2.05, 4.69) is 16.5 Å². The van der Waals surface area contributed by atoms with Crippen molar-refractivity contribution in [2.45, 2.75) is 25.8 Å². The van der Waals surface area contributed by atoms with Gasteiger partial charge in [-0.15, -0.1) is 11.6 Å². The zero-order chi connectivity index (χ0) is 13.6. The SMILES string of the molecule is COc1cc2c(cc1F)nc(CCCl)n2C1CC1C. The standard InChI is InChI=1S/C14H16ClFN2O/c1-8-5-11(8)18-12-7-13(19-2)9(16)6-10(12)17-14(18)3-4-15/h6-8,11H,3-5H2,1-2H3. The summed E-state index contributed by atoms with van der Waals surface area (Å²) in [7, 11) is 1.48. The van der Waals surface area contributed by atoms with E-state index in [0.717, 1.165) is 17.8 Å². The van der Waals surface area contributed by atoms with E-state index in [0.29, 0.717) is 29.8 Å². The normalized spacial score (nSPS) is 21.9. The van der Waals surface area contributed by atoms with Gasteiger partial charge in [0.2, 0.25) is 0 Å². The summed E-state index contributed by atoms with van der Waals surface area (Å²) >= 11 is 5.83. The van der Waals surface area contributed by atoms with Gasteiger partial charge in [-0.1, -0.05) is 6.92 Å². The van der Waals surface area contributed by atoms with Crippen molar-refractivity contribution in [3.05, 3.63) is 23.8 Å². The molecule has 0 aliphatic heterocycles. The average molecular weight is 283 g/mol. The van der Waals surface area contributed by atoms with Crippen molar-refractivity contribution in [3.8, 4) is 5.75 Å². The number of hydrogen-bond acceptors (Lipinski definition) is 2. The van der Waals surface area contributed by atoms with Crippen molar-refractivity contribution in [2.24, 2.45) is 5.92 Å². The van der Waals surface area contributed by atoms with Gasteiger partial charge in [-0.05, 0) is 12.3 Å². The predicted octanol–water partition coefficient (Wildman–Crippen LogP) is 3.55. The van der Waals surface area contributed by atoms with Crippen LogP contribution < -0.4 is 4.74 Å². The number of aryl methyl sites for hydroxylation is 1. The van der Waals surface area contributed by atoms with Crippen LogP contribution in [0, 0.1) is 11.7 Å². The fourth-order valence-corrected chi connectivity index (χ4v) is 2.77. The molecule has 0 amide bonds. The molecule has 19 heavy (non-hydrogen) atoms. The number of methoxy groups -OCH3 is 1. The van der Waals surface area contributed by atoms with E-state index in [1.54, 1.807) is 6.07 Å². The molecule has 1 saturated carbocycles. The first-order valence-corrected chi connectivity index (χ1v) is 6.99. The minimum absolute atomic E-state index is 0.263. The molecule has 1 fully saturated rings. The molecular formula is C14H16ClFN2O. The van der Waals surface area contributed by atoms with Crippen LogP contribution in [0.1, 0.15) is 25.2 Å². The summed E-state index contributed by atoms with van der Waals surface area (Å²) in [5.41, 5.74) is 1.62. The van der Waals surface area contributed by atoms with Gasteiger partial charge in [0.1, 0.15) is 5.82 Å². The van der Waals surface area contributed by atoms with Gasteiger partial charge in [-0.2, -0.15) is 0 Å². The summed E-state index contributed by atoms with van der Waals surface area (Å²) in [4.78, 5) is 4.52. The number of benzene rings is 1. The third kappa shape index (κ3) is 2.08. The van der Waals surface area contributed by atoms with E-state index in [-0.39, 0.29) is 11.6 Å². The lowest BCUT2D eigenvalue weighted by atomic mass is 10.2. The highest BCUT2D eigenvalue weighted by Crippen LogP contribution is 2.45. The number of rotatable bonds is 4. The molecule has 5 heteroatoms. The number of halogens is 2. The van der Waals surface area contributed by atoms with Gasteiger partial charge in [0.05, 0.1) is 18.1 Å². The van der Waals surface area contributed by atoms with Crippen molar-refractivity contribution in [2.75, 3.05) is 13.0 Å². The lowest BCUT2D eigenvalue weighted by Crippen LogP contribution is -2.03. The van der Waals surface area contributed by atoms with Crippen LogP contribution in [0.15, 0.2) is 12.1 Å². The molecular weight excluding hydrogens is 267 g/mol. The third-order valence-corrected chi connectivity index (χ3v) is 3.94. The summed E-state index contributed by atoms with van der Waals surface area (Å²) in [6, 6.07) is 3.63. The number of aromatic nitrogens is 2. The molecule has 1 aliphatic carbocycles. The predicted molar refractivity (Wildman–Crippen MR) is 73.5 cm³/mol. The highest BCUT2D eigenvalue weighted by molar-refractivity contribution is 6.17. The maximum Gasteiger partial charge on any atom is 0.167 e. The Morgan fingerprint density at radius 3 is 2.84 bits per heavy atom. The van der Waals surface area contributed by atoms with Gasteiger partial charge < -0.3 is 9.30 Å². The molecule has 0 saturated heterocycles. The van der Waals surface area contributed by atoms with Gasteiger partial charge in [-0.3, -0.25) is 0 Å². The second-order valence-corrected chi connectivity index (χ2v) is 5.47. The minimum atomic E-state index is -0.374. The summed E-state index contributed by atoms with van der Waals surface area (Å²) in [5.74, 6) is 1.99. The Kier molecular flexibility index (Phi) is 3.13. The fraction of sp³-hybridized carbons (Fsp3) is 0.500. The molecule has 0 spiro atoms. The van der Waals surface area contributed by atoms with Crippen molar-refractivity contribution in [1.82, 2.24) is 9.55 Å². The Labute approximate surface area is 116 Å². The Morgan fingerprint density at radius 2 is 2.26 bits per heavy atom. The topological polar surface area (TPSA) is 27.1 Å². The van der Waals surface area contributed by atoms with Crippen LogP contribution in [0.3, 0.4) is 0 Å². The number of nitrogens with zero attached hydrogens (tertiary/aromatic N) is 2. The fourth-order valence-electron chi connectivity index (χ4n) is 2.60. The van der Waals surface area contributed by atoms with E-state index >= 15 is 0 Å². The van der Waals surface area contributed by atoms with E-state index in [9.17, 15) is 4.39 Å². The van der Waals surface area contributed by atoms with E-state index in [1.165, 1.54) is 13.2 Å². The number of fused-ring (bicyclic) bond motifs is 1. The molecule has 1 aliphatic rings. The van der Waals surface area contributed by atoms with Crippen molar-refractivity contribution >= 4 is 22.6 Å². The van der Waals surface area contributed by atoms with Crippen LogP contribution in [-0.2, 0) is 6.42 Å². The molecule has 0 bridgehead atoms. The van der Waals surface area contributed by atoms with Crippen LogP contribution >= 0.6 is 11.6 Å². The van der Waals surface area contributed by atoms with Crippen LogP contribution in [0.5, 0.6) is 5.75 Å². The molecule has 1 heterocycles. The average Bonchev–Trinajstić information content (AvgIpc) is 2.99. The monoisotopic (exact) mass is 282 g/mol. The molecule has 102 valence electrons. The molecule has 2 atom stereocenters. The number of imidazole rings is 1. The Morgan fingerprint density at radius 1 is 1.53 bits per heavy atom. The first-order chi connectivity index (χ1) is 9.15. The van der Waals surface area contributed by atoms with Crippen molar-refractivity contribution < 1.29 is 9.13 Å². The zero-order valence-electron chi connectivity index (χ0n) is 11.0. The number of alkyl halides is 1. The Bertz CT molecular complexity index is 625. The van der Waals surface area contributed by atoms with Gasteiger partial charge in [0.25, 0.3) is 0 Å². The molecule has 2 aromatic rings. The molecule has 1 aromatic heterocycles. The van der Waals surface area contributed by atoms with Crippen molar-refractivity contribution in [1.29, 1.82) is 0 Å². The lowest BCUT2D eigenvalue weighted by molar-refractivity contribution is 0.387. The highest BCUT2D eigenvalue weighted by atomic mass is 35.5. The minimum Gasteiger partial charge on any atom is -0.494 e. The summed E-state index contributed by atoms with van der Waals surface area (Å²) in [5, 5.41) is 0. The van der Waals surface area contributed by atoms with Crippen LogP contribution in [-0.4, -0.2) is 22.5 Å². The van der Waals surface area contributed by atoms with Crippen LogP contribution in [0.4, 0.5) is 4.39 Å². The first kappa shape index (κ1) is 12.7. The van der Waals surface area contributed by atoms with E-state index < -0.39 is 0 Å². The quantitative estimate of drug-likeness (QED) is 0.802. The van der Waals surface area contributed by atoms with Gasteiger partial charge >= 0.3 is 0 Å². The van der Waals surface area contributed by atoms with Gasteiger partial charge in [0, 0.05) is 30.5 Å². The van der Waals surface area contributed by atoms with Crippen molar-refractivity contribution in [3.63, 3.8) is 0 Å². The summed E-state index contributed by atoms with van der Waals surface area (Å²) < 4.78 is 21.0. The lowest BCUT2D eigenvalue weighted by Gasteiger charge is -2.08. The second-order valence-electron chi connectivity index (χ2n) is 5.09. The summed E-state index contributed by atoms with van der Waals surface area (Å²) in [6.45, 7) is 2.21. The first-order valence-electron chi connectivity index (χ1n) is 6.46. The smallest absolute Gasteiger partial charge is 0.167 e. The van der Waals surface area contributed by atoms with Gasteiger partial charge in [-0.25, -0.2) is 9.37 Å².